The van der Waals surface area contributed by atoms with E-state index in [2.05, 4.69) is 44.4 Å². The number of benzene rings is 7. The summed E-state index contributed by atoms with van der Waals surface area (Å²) < 4.78 is 18.7. The standard InChI is InChI=1S/C65H62N6O8/c1-44(47-21-9-4-10-22-47)66-64(76)70-54-34-29-45(20-17-35-68(2)43-46-18-7-3-8-19-46)42-53(54)65(63(70)75)56(61(73)67-50-30-32-51(33-31-50)69-36-39-77-40-37-69)58-62(74)79-59(49-25-13-6-14-26-49)57(48-23-11-5-12-24-48)71(58)60(65)52-27-15-16-28-55(52)78-41-38-72/h3-16,18-19,21-34,42,44,56-60,72H,35-41,43H2,1-2H3,(H,66,76)(H,67,73). The van der Waals surface area contributed by atoms with Gasteiger partial charge in [-0.2, -0.15) is 0 Å². The maximum absolute atomic E-state index is 17.0. The lowest BCUT2D eigenvalue weighted by Gasteiger charge is -2.46. The number of ether oxygens (including phenoxy) is 3. The number of urea groups is 1. The van der Waals surface area contributed by atoms with Crippen molar-refractivity contribution < 1.29 is 38.5 Å². The topological polar surface area (TPSA) is 153 Å². The van der Waals surface area contributed by atoms with E-state index in [4.69, 9.17) is 14.2 Å². The molecule has 14 nitrogen and oxygen atoms in total. The number of fused-ring (bicyclic) bond motifs is 3. The Bertz CT molecular complexity index is 3370. The quantitative estimate of drug-likeness (QED) is 0.0706. The zero-order valence-electron chi connectivity index (χ0n) is 44.1. The van der Waals surface area contributed by atoms with Crippen LogP contribution < -0.4 is 25.2 Å². The van der Waals surface area contributed by atoms with E-state index < -0.39 is 65.4 Å². The number of nitrogens with one attached hydrogen (secondary N) is 2. The Labute approximate surface area is 460 Å². The fourth-order valence-corrected chi connectivity index (χ4v) is 12.0. The van der Waals surface area contributed by atoms with Gasteiger partial charge in [0.1, 0.15) is 29.9 Å². The van der Waals surface area contributed by atoms with Gasteiger partial charge in [0.2, 0.25) is 11.8 Å². The molecule has 4 aliphatic rings. The second-order valence-corrected chi connectivity index (χ2v) is 20.4. The molecule has 4 heterocycles. The molecule has 4 amide bonds. The smallest absolute Gasteiger partial charge is 0.329 e. The zero-order valence-corrected chi connectivity index (χ0v) is 44.1. The third-order valence-corrected chi connectivity index (χ3v) is 15.5. The van der Waals surface area contributed by atoms with E-state index in [0.717, 1.165) is 27.3 Å². The second kappa shape index (κ2) is 23.2. The number of aliphatic hydroxyl groups is 1. The van der Waals surface area contributed by atoms with Crippen LogP contribution in [0.15, 0.2) is 188 Å². The first-order chi connectivity index (χ1) is 38.6. The minimum atomic E-state index is -2.09. The molecule has 0 radical (unpaired) electrons. The van der Waals surface area contributed by atoms with Crippen LogP contribution in [-0.4, -0.2) is 97.9 Å². The SMILES string of the molecule is CC(NC(=O)N1C(=O)C2(c3cc(C#CCN(C)Cc4ccccc4)ccc31)C(C(=O)Nc1ccc(N3CCOCC3)cc1)C1C(=O)OC(c3ccccc3)C(c3ccccc3)N1C2c1ccccc1OCCO)c1ccccc1. The predicted octanol–water partition coefficient (Wildman–Crippen LogP) is 9.15. The van der Waals surface area contributed by atoms with Crippen molar-refractivity contribution in [2.45, 2.75) is 49.2 Å². The molecule has 3 fully saturated rings. The molecular weight excluding hydrogens is 993 g/mol. The minimum Gasteiger partial charge on any atom is -0.491 e. The number of aliphatic hydroxyl groups excluding tert-OH is 1. The maximum atomic E-state index is 17.0. The predicted molar refractivity (Wildman–Crippen MR) is 302 cm³/mol. The van der Waals surface area contributed by atoms with Gasteiger partial charge < -0.3 is 34.9 Å². The molecule has 7 atom stereocenters. The third kappa shape index (κ3) is 10.3. The average Bonchev–Trinajstić information content (AvgIpc) is 2.13. The lowest BCUT2D eigenvalue weighted by Crippen LogP contribution is -2.55. The molecule has 79 heavy (non-hydrogen) atoms. The van der Waals surface area contributed by atoms with E-state index in [1.54, 1.807) is 24.3 Å². The van der Waals surface area contributed by atoms with E-state index in [9.17, 15) is 5.11 Å². The van der Waals surface area contributed by atoms with Crippen molar-refractivity contribution in [3.8, 4) is 17.6 Å². The maximum Gasteiger partial charge on any atom is 0.329 e. The summed E-state index contributed by atoms with van der Waals surface area (Å²) in [5.41, 5.74) is 4.19. The molecule has 7 aromatic carbocycles. The monoisotopic (exact) mass is 1050 g/mol. The first-order valence-electron chi connectivity index (χ1n) is 26.9. The van der Waals surface area contributed by atoms with Crippen molar-refractivity contribution >= 4 is 40.9 Å². The fourth-order valence-electron chi connectivity index (χ4n) is 12.0. The van der Waals surface area contributed by atoms with E-state index >= 15 is 19.2 Å². The zero-order chi connectivity index (χ0) is 54.5. The van der Waals surface area contributed by atoms with Gasteiger partial charge in [-0.25, -0.2) is 9.69 Å². The van der Waals surface area contributed by atoms with Gasteiger partial charge in [0.15, 0.2) is 0 Å². The highest BCUT2D eigenvalue weighted by molar-refractivity contribution is 6.25. The van der Waals surface area contributed by atoms with Crippen LogP contribution in [-0.2, 0) is 35.8 Å². The van der Waals surface area contributed by atoms with Gasteiger partial charge >= 0.3 is 12.0 Å². The van der Waals surface area contributed by atoms with Gasteiger partial charge in [0, 0.05) is 42.1 Å². The largest absolute Gasteiger partial charge is 0.491 e. The van der Waals surface area contributed by atoms with Gasteiger partial charge in [-0.05, 0) is 90.3 Å². The van der Waals surface area contributed by atoms with Crippen LogP contribution in [0.4, 0.5) is 21.9 Å². The van der Waals surface area contributed by atoms with Gasteiger partial charge in [-0.15, -0.1) is 0 Å². The summed E-state index contributed by atoms with van der Waals surface area (Å²) in [7, 11) is 1.99. The molecule has 3 N–H and O–H groups in total. The number of hydrogen-bond donors (Lipinski definition) is 3. The van der Waals surface area contributed by atoms with Crippen molar-refractivity contribution in [2.75, 3.05) is 68.2 Å². The van der Waals surface area contributed by atoms with Gasteiger partial charge in [0.05, 0.1) is 56.1 Å². The van der Waals surface area contributed by atoms with Crippen LogP contribution in [0.2, 0.25) is 0 Å². The van der Waals surface area contributed by atoms with Crippen LogP contribution in [0, 0.1) is 17.8 Å². The van der Waals surface area contributed by atoms with Crippen molar-refractivity contribution in [1.82, 2.24) is 15.1 Å². The first kappa shape index (κ1) is 52.5. The molecular formula is C65H62N6O8. The molecule has 3 saturated heterocycles. The average molecular weight is 1060 g/mol. The van der Waals surface area contributed by atoms with E-state index in [-0.39, 0.29) is 18.9 Å². The number of hydrogen-bond acceptors (Lipinski definition) is 11. The molecule has 7 aromatic rings. The van der Waals surface area contributed by atoms with Crippen molar-refractivity contribution in [3.63, 3.8) is 0 Å². The van der Waals surface area contributed by atoms with E-state index in [0.29, 0.717) is 73.1 Å². The van der Waals surface area contributed by atoms with Crippen LogP contribution in [0.5, 0.6) is 5.75 Å². The van der Waals surface area contributed by atoms with Gasteiger partial charge in [-0.3, -0.25) is 24.2 Å². The summed E-state index contributed by atoms with van der Waals surface area (Å²) in [5, 5.41) is 16.5. The lowest BCUT2D eigenvalue weighted by atomic mass is 9.65. The highest BCUT2D eigenvalue weighted by atomic mass is 16.6. The number of amides is 4. The number of carbonyl (C=O) groups excluding carboxylic acids is 4. The fraction of sp³-hybridized carbons (Fsp3) is 0.262. The summed E-state index contributed by atoms with van der Waals surface area (Å²) in [6, 6.07) is 53.8. The Morgan fingerprint density at radius 1 is 0.785 bits per heavy atom. The molecule has 0 bridgehead atoms. The number of anilines is 3. The molecule has 4 aliphatic heterocycles. The number of cyclic esters (lactones) is 1. The summed E-state index contributed by atoms with van der Waals surface area (Å²) in [6.45, 7) is 5.08. The first-order valence-corrected chi connectivity index (χ1v) is 26.9. The number of carbonyl (C=O) groups is 4. The number of rotatable bonds is 14. The van der Waals surface area contributed by atoms with Crippen LogP contribution in [0.1, 0.15) is 70.1 Å². The molecule has 0 aliphatic carbocycles. The van der Waals surface area contributed by atoms with E-state index in [1.807, 2.05) is 171 Å². The summed E-state index contributed by atoms with van der Waals surface area (Å²) in [5.74, 6) is 3.33. The molecule has 400 valence electrons. The van der Waals surface area contributed by atoms with Gasteiger partial charge in [-0.1, -0.05) is 151 Å². The van der Waals surface area contributed by atoms with Crippen molar-refractivity contribution in [3.05, 3.63) is 227 Å². The number of imide groups is 1. The van der Waals surface area contributed by atoms with Crippen LogP contribution in [0.25, 0.3) is 0 Å². The highest BCUT2D eigenvalue weighted by Gasteiger charge is 2.76. The number of esters is 1. The summed E-state index contributed by atoms with van der Waals surface area (Å²) in [6.07, 6.45) is -0.945. The molecule has 0 saturated carbocycles. The highest BCUT2D eigenvalue weighted by Crippen LogP contribution is 2.67. The van der Waals surface area contributed by atoms with Crippen molar-refractivity contribution in [2.24, 2.45) is 5.92 Å². The number of morpholine rings is 2. The van der Waals surface area contributed by atoms with Crippen LogP contribution in [0.3, 0.4) is 0 Å². The van der Waals surface area contributed by atoms with Crippen molar-refractivity contribution in [1.29, 1.82) is 0 Å². The molecule has 0 aromatic heterocycles. The molecule has 7 unspecified atom stereocenters. The summed E-state index contributed by atoms with van der Waals surface area (Å²) in [4.78, 5) is 72.0. The Hall–Kier alpha value is -8.58. The lowest BCUT2D eigenvalue weighted by molar-refractivity contribution is -0.177. The third-order valence-electron chi connectivity index (χ3n) is 15.5. The molecule has 1 spiro atoms. The molecule has 14 heteroatoms. The van der Waals surface area contributed by atoms with Gasteiger partial charge in [0.25, 0.3) is 0 Å². The Morgan fingerprint density at radius 2 is 1.43 bits per heavy atom. The van der Waals surface area contributed by atoms with E-state index in [1.165, 1.54) is 0 Å². The second-order valence-electron chi connectivity index (χ2n) is 20.4. The minimum absolute atomic E-state index is 0.101. The summed E-state index contributed by atoms with van der Waals surface area (Å²) >= 11 is 0. The number of para-hydroxylation sites is 1. The normalized spacial score (nSPS) is 21.8. The Kier molecular flexibility index (Phi) is 15.4. The molecule has 11 rings (SSSR count). The van der Waals surface area contributed by atoms with Crippen LogP contribution >= 0.6 is 0 Å². The number of nitrogens with zero attached hydrogens (tertiary/aromatic N) is 4. The Morgan fingerprint density at radius 3 is 2.13 bits per heavy atom. The Balaban J connectivity index is 1.15.